The van der Waals surface area contributed by atoms with Crippen LogP contribution in [0, 0.1) is 6.92 Å². The lowest BCUT2D eigenvalue weighted by atomic mass is 10.1. The van der Waals surface area contributed by atoms with Crippen molar-refractivity contribution in [3.8, 4) is 11.3 Å². The third kappa shape index (κ3) is 4.14. The van der Waals surface area contributed by atoms with Gasteiger partial charge in [0.15, 0.2) is 5.82 Å². The summed E-state index contributed by atoms with van der Waals surface area (Å²) >= 11 is 5.87. The predicted octanol–water partition coefficient (Wildman–Crippen LogP) is 1.62. The predicted molar refractivity (Wildman–Crippen MR) is 116 cm³/mol. The van der Waals surface area contributed by atoms with E-state index in [2.05, 4.69) is 15.2 Å². The maximum Gasteiger partial charge on any atom is 0.331 e. The molecule has 1 N–H and O–H groups in total. The van der Waals surface area contributed by atoms with Gasteiger partial charge < -0.3 is 9.63 Å². The van der Waals surface area contributed by atoms with Crippen LogP contribution < -0.4 is 11.2 Å². The third-order valence-electron chi connectivity index (χ3n) is 5.19. The molecule has 166 valence electrons. The zero-order valence-corrected chi connectivity index (χ0v) is 18.4. The number of nitrogens with zero attached hydrogens (tertiary/aromatic N) is 6. The number of rotatable bonds is 6. The van der Waals surface area contributed by atoms with E-state index in [-0.39, 0.29) is 24.7 Å². The molecule has 10 nitrogen and oxygen atoms in total. The van der Waals surface area contributed by atoms with E-state index in [0.717, 1.165) is 4.57 Å². The molecule has 4 rings (SSSR count). The first-order valence-corrected chi connectivity index (χ1v) is 10.2. The lowest BCUT2D eigenvalue weighted by Gasteiger charge is -2.12. The van der Waals surface area contributed by atoms with Gasteiger partial charge in [-0.3, -0.25) is 18.6 Å². The molecule has 0 aliphatic heterocycles. The number of aliphatic hydroxyl groups excluding tert-OH is 1. The summed E-state index contributed by atoms with van der Waals surface area (Å²) in [5.74, 6) is 0.354. The molecule has 4 aromatic rings. The van der Waals surface area contributed by atoms with Crippen molar-refractivity contribution in [2.24, 2.45) is 14.1 Å². The van der Waals surface area contributed by atoms with E-state index in [4.69, 9.17) is 16.1 Å². The van der Waals surface area contributed by atoms with Crippen LogP contribution in [0.3, 0.4) is 0 Å². The van der Waals surface area contributed by atoms with Crippen molar-refractivity contribution in [1.82, 2.24) is 29.1 Å². The Bertz CT molecular complexity index is 1350. The number of benzene rings is 1. The Labute approximate surface area is 187 Å². The number of hydrogen-bond acceptors (Lipinski definition) is 7. The van der Waals surface area contributed by atoms with Crippen molar-refractivity contribution >= 4 is 11.6 Å². The average molecular weight is 457 g/mol. The summed E-state index contributed by atoms with van der Waals surface area (Å²) in [6, 6.07) is 6.79. The first-order chi connectivity index (χ1) is 15.2. The van der Waals surface area contributed by atoms with Crippen LogP contribution in [0.5, 0.6) is 0 Å². The average Bonchev–Trinajstić information content (AvgIpc) is 3.39. The number of aryl methyl sites for hydroxylation is 1. The Morgan fingerprint density at radius 3 is 2.56 bits per heavy atom. The number of halogens is 1. The third-order valence-corrected chi connectivity index (χ3v) is 5.44. The summed E-state index contributed by atoms with van der Waals surface area (Å²) in [6.45, 7) is 1.48. The number of aromatic nitrogens is 6. The van der Waals surface area contributed by atoms with E-state index in [1.54, 1.807) is 62.4 Å². The van der Waals surface area contributed by atoms with Gasteiger partial charge in [0.25, 0.3) is 5.56 Å². The standard InChI is InChI=1S/C21H21ClN6O4/c1-12-19(14-9-23-26(2)10-14)27(3)21(31)28(20(12)30)11-18-24-17(25-32-18)8-16(29)13-4-6-15(22)7-5-13/h4-7,9-10,16,29H,8,11H2,1-3H3/t16-/m0/s1. The first-order valence-electron chi connectivity index (χ1n) is 9.79. The minimum absolute atomic E-state index is 0.0935. The molecule has 0 spiro atoms. The second kappa shape index (κ2) is 8.56. The summed E-state index contributed by atoms with van der Waals surface area (Å²) in [4.78, 5) is 30.1. The molecule has 0 saturated carbocycles. The van der Waals surface area contributed by atoms with E-state index in [9.17, 15) is 14.7 Å². The van der Waals surface area contributed by atoms with Crippen LogP contribution in [-0.2, 0) is 27.1 Å². The summed E-state index contributed by atoms with van der Waals surface area (Å²) < 4.78 is 9.26. The maximum atomic E-state index is 12.9. The number of hydrogen-bond donors (Lipinski definition) is 1. The van der Waals surface area contributed by atoms with Crippen LogP contribution in [0.2, 0.25) is 5.02 Å². The van der Waals surface area contributed by atoms with Crippen molar-refractivity contribution in [3.63, 3.8) is 0 Å². The minimum Gasteiger partial charge on any atom is -0.388 e. The molecule has 32 heavy (non-hydrogen) atoms. The van der Waals surface area contributed by atoms with Crippen LogP contribution in [0.25, 0.3) is 11.3 Å². The summed E-state index contributed by atoms with van der Waals surface area (Å²) in [6.07, 6.45) is 2.59. The molecule has 0 radical (unpaired) electrons. The Hall–Kier alpha value is -3.50. The van der Waals surface area contributed by atoms with Gasteiger partial charge in [0.1, 0.15) is 6.54 Å². The van der Waals surface area contributed by atoms with Crippen LogP contribution >= 0.6 is 11.6 Å². The molecule has 3 aromatic heterocycles. The molecule has 11 heteroatoms. The van der Waals surface area contributed by atoms with Crippen LogP contribution in [-0.4, -0.2) is 34.2 Å². The van der Waals surface area contributed by atoms with E-state index in [1.807, 2.05) is 0 Å². The molecule has 0 fully saturated rings. The molecule has 0 saturated heterocycles. The highest BCUT2D eigenvalue weighted by Gasteiger charge is 2.19. The molecule has 1 aromatic carbocycles. The zero-order valence-electron chi connectivity index (χ0n) is 17.7. The molecule has 0 aliphatic carbocycles. The summed E-state index contributed by atoms with van der Waals surface area (Å²) in [5, 5.41) is 18.9. The highest BCUT2D eigenvalue weighted by atomic mass is 35.5. The van der Waals surface area contributed by atoms with Gasteiger partial charge in [-0.05, 0) is 24.6 Å². The Morgan fingerprint density at radius 2 is 1.91 bits per heavy atom. The van der Waals surface area contributed by atoms with Gasteiger partial charge in [0.2, 0.25) is 5.89 Å². The Balaban J connectivity index is 1.59. The lowest BCUT2D eigenvalue weighted by Crippen LogP contribution is -2.41. The van der Waals surface area contributed by atoms with Gasteiger partial charge in [-0.15, -0.1) is 0 Å². The maximum absolute atomic E-state index is 12.9. The van der Waals surface area contributed by atoms with Gasteiger partial charge >= 0.3 is 5.69 Å². The zero-order chi connectivity index (χ0) is 23.0. The van der Waals surface area contributed by atoms with Crippen molar-refractivity contribution in [1.29, 1.82) is 0 Å². The van der Waals surface area contributed by atoms with Crippen molar-refractivity contribution in [3.05, 3.63) is 85.4 Å². The minimum atomic E-state index is -0.852. The van der Waals surface area contributed by atoms with Crippen LogP contribution in [0.15, 0.2) is 50.8 Å². The van der Waals surface area contributed by atoms with E-state index >= 15 is 0 Å². The lowest BCUT2D eigenvalue weighted by molar-refractivity contribution is 0.174. The molecule has 1 atom stereocenters. The normalized spacial score (nSPS) is 12.3. The first kappa shape index (κ1) is 21.7. The second-order valence-electron chi connectivity index (χ2n) is 7.48. The van der Waals surface area contributed by atoms with Crippen molar-refractivity contribution in [2.45, 2.75) is 26.0 Å². The van der Waals surface area contributed by atoms with Gasteiger partial charge in [-0.1, -0.05) is 28.9 Å². The Morgan fingerprint density at radius 1 is 1.19 bits per heavy atom. The fourth-order valence-corrected chi connectivity index (χ4v) is 3.69. The fourth-order valence-electron chi connectivity index (χ4n) is 3.56. The monoisotopic (exact) mass is 456 g/mol. The summed E-state index contributed by atoms with van der Waals surface area (Å²) in [5.41, 5.74) is 1.27. The molecule has 0 unspecified atom stereocenters. The molecule has 3 heterocycles. The van der Waals surface area contributed by atoms with Gasteiger partial charge in [0.05, 0.1) is 18.0 Å². The van der Waals surface area contributed by atoms with Crippen molar-refractivity contribution in [2.75, 3.05) is 0 Å². The van der Waals surface area contributed by atoms with Crippen molar-refractivity contribution < 1.29 is 9.63 Å². The van der Waals surface area contributed by atoms with Gasteiger partial charge in [-0.25, -0.2) is 4.79 Å². The molecule has 0 amide bonds. The van der Waals surface area contributed by atoms with Gasteiger partial charge in [-0.2, -0.15) is 10.1 Å². The topological polar surface area (TPSA) is 121 Å². The van der Waals surface area contributed by atoms with Crippen LogP contribution in [0.1, 0.15) is 28.9 Å². The highest BCUT2D eigenvalue weighted by molar-refractivity contribution is 6.30. The highest BCUT2D eigenvalue weighted by Crippen LogP contribution is 2.20. The Kier molecular flexibility index (Phi) is 5.81. The molecule has 0 bridgehead atoms. The quantitative estimate of drug-likeness (QED) is 0.468. The molecular weight excluding hydrogens is 436 g/mol. The van der Waals surface area contributed by atoms with Gasteiger partial charge in [0, 0.05) is 42.9 Å². The largest absolute Gasteiger partial charge is 0.388 e. The number of aliphatic hydroxyl groups is 1. The smallest absolute Gasteiger partial charge is 0.331 e. The fraction of sp³-hybridized carbons (Fsp3) is 0.286. The second-order valence-corrected chi connectivity index (χ2v) is 7.92. The SMILES string of the molecule is Cc1c(-c2cnn(C)c2)n(C)c(=O)n(Cc2nc(C[C@H](O)c3ccc(Cl)cc3)no2)c1=O. The molecule has 0 aliphatic rings. The molecular formula is C21H21ClN6O4. The summed E-state index contributed by atoms with van der Waals surface area (Å²) in [7, 11) is 3.35. The van der Waals surface area contributed by atoms with Crippen LogP contribution in [0.4, 0.5) is 0 Å². The van der Waals surface area contributed by atoms with E-state index in [0.29, 0.717) is 27.4 Å². The van der Waals surface area contributed by atoms with E-state index in [1.165, 1.54) is 4.57 Å². The van der Waals surface area contributed by atoms with E-state index < -0.39 is 17.4 Å².